The maximum absolute atomic E-state index is 8.38. The summed E-state index contributed by atoms with van der Waals surface area (Å²) in [4.78, 5) is 0. The Morgan fingerprint density at radius 3 is 0.357 bits per heavy atom. The van der Waals surface area contributed by atoms with Crippen molar-refractivity contribution < 1.29 is 57.6 Å². The molecule has 28 heavy (non-hydrogen) atoms. The number of rotatable bonds is 0. The molecule has 152 valence electrons. The van der Waals surface area contributed by atoms with Gasteiger partial charge in [0.15, 0.2) is 0 Å². The molecule has 0 aromatic carbocycles. The van der Waals surface area contributed by atoms with Gasteiger partial charge in [-0.1, -0.05) is 37.1 Å². The third kappa shape index (κ3) is 593. The van der Waals surface area contributed by atoms with E-state index in [2.05, 4.69) is 0 Å². The van der Waals surface area contributed by atoms with Crippen molar-refractivity contribution in [3.63, 3.8) is 0 Å². The fraction of sp³-hybridized carbons (Fsp3) is 1.00. The monoisotopic (exact) mass is 610 g/mol. The maximum atomic E-state index is 8.38. The van der Waals surface area contributed by atoms with Crippen LogP contribution in [0, 0.1) is 0 Å². The van der Waals surface area contributed by atoms with E-state index in [0.29, 0.717) is 65.1 Å². The van der Waals surface area contributed by atoms with Crippen molar-refractivity contribution in [1.29, 1.82) is 0 Å². The summed E-state index contributed by atoms with van der Waals surface area (Å²) >= 11 is 2.21. The Morgan fingerprint density at radius 2 is 0.357 bits per heavy atom. The Labute approximate surface area is 356 Å². The Hall–Kier alpha value is 7.84. The first-order valence-electron chi connectivity index (χ1n) is 1.73. The molecule has 0 fully saturated rings. The van der Waals surface area contributed by atoms with E-state index in [1.165, 1.54) is 0 Å². The van der Waals surface area contributed by atoms with Crippen molar-refractivity contribution in [2.24, 2.45) is 0 Å². The fourth-order valence-corrected chi connectivity index (χ4v) is 0. The summed E-state index contributed by atoms with van der Waals surface area (Å²) in [6.45, 7) is 0. The van der Waals surface area contributed by atoms with E-state index in [0.717, 1.165) is 0 Å². The zero-order chi connectivity index (χ0) is 12.0. The Bertz CT molecular complexity index is 65.6. The van der Waals surface area contributed by atoms with Gasteiger partial charge in [0.1, 0.15) is 0 Å². The normalized spacial score (nSPS) is 1.29. The van der Waals surface area contributed by atoms with E-state index < -0.39 is 0 Å². The molecule has 0 aromatic heterocycles. The third-order valence-electron chi connectivity index (χ3n) is 0. The van der Waals surface area contributed by atoms with Crippen molar-refractivity contribution in [3.8, 4) is 0 Å². The summed E-state index contributed by atoms with van der Waals surface area (Å²) in [5.41, 5.74) is 0. The van der Waals surface area contributed by atoms with Gasteiger partial charge in [-0.25, -0.2) is 0 Å². The summed E-state index contributed by atoms with van der Waals surface area (Å²) in [5.74, 6) is 0. The van der Waals surface area contributed by atoms with Crippen LogP contribution in [0.2, 0.25) is 0 Å². The molecular weight excluding hydrogens is 582 g/mol. The molecule has 0 atom stereocenters. The van der Waals surface area contributed by atoms with E-state index in [9.17, 15) is 0 Å². The standard InChI is InChI=1S/5CH4.5Ca.4Mg.8H2O.6O/h5*1H4;;;;;;;;;;8*1H2;;;;;;/q;;;;;;;;2*+2;;;;+2;;;;;;;;;;;;;;/p-6. The van der Waals surface area contributed by atoms with Crippen molar-refractivity contribution in [3.05, 3.63) is 0 Å². The Kier molecular flexibility index (Phi) is 5260. The molecule has 0 spiro atoms. The van der Waals surface area contributed by atoms with Gasteiger partial charge in [-0.3, -0.25) is 0 Å². The Balaban J connectivity index is -0.000000000692. The zero-order valence-electron chi connectivity index (χ0n) is 12.5. The van der Waals surface area contributed by atoms with Gasteiger partial charge in [0.05, 0.1) is 0 Å². The van der Waals surface area contributed by atoms with Crippen LogP contribution < -0.4 is 0 Å². The van der Waals surface area contributed by atoms with Crippen LogP contribution in [0.1, 0.15) is 37.1 Å². The predicted octanol–water partition coefficient (Wildman–Crippen LogP) is -3.67. The van der Waals surface area contributed by atoms with Gasteiger partial charge >= 0.3 is 285 Å². The average molecular weight is 612 g/mol. The van der Waals surface area contributed by atoms with Crippen LogP contribution in [0.4, 0.5) is 0 Å². The van der Waals surface area contributed by atoms with Crippen molar-refractivity contribution in [1.82, 2.24) is 0 Å². The van der Waals surface area contributed by atoms with Crippen LogP contribution in [-0.2, 0) is 13.8 Å². The molecule has 0 amide bonds. The molecule has 10 N–H and O–H groups in total. The molecule has 0 aliphatic rings. The molecule has 0 aliphatic heterocycles. The fourth-order valence-electron chi connectivity index (χ4n) is 0. The molecule has 23 heteroatoms. The minimum absolute atomic E-state index is 0. The van der Waals surface area contributed by atoms with Crippen LogP contribution in [0.5, 0.6) is 0 Å². The minimum atomic E-state index is 0. The van der Waals surface area contributed by atoms with E-state index in [4.69, 9.17) is 13.8 Å². The molecule has 14 nitrogen and oxygen atoms in total. The first-order valence-corrected chi connectivity index (χ1v) is 6.17. The average Bonchev–Trinajstić information content (AvgIpc) is 2.33. The predicted molar refractivity (Wildman–Crippen MR) is 108 cm³/mol. The SMILES string of the molecule is C.C.C.C.C.O.O.[Ca+2].[Ca+2].[Mg+2].[OH-].[OH-].[OH-].[OH-].[OH-].[OH-].[O]=[Ca].[O]=[Ca].[O]=[Ca].[O]=[Mg].[O]=[Mg].[O]=[Mg]. The van der Waals surface area contributed by atoms with Crippen LogP contribution in [0.3, 0.4) is 0 Å². The molecule has 0 aliphatic carbocycles. The molecule has 0 saturated heterocycles. The summed E-state index contributed by atoms with van der Waals surface area (Å²) in [6.07, 6.45) is 0. The van der Waals surface area contributed by atoms with Crippen LogP contribution in [-0.4, -0.2) is 315 Å². The summed E-state index contributed by atoms with van der Waals surface area (Å²) < 4.78 is 50.0. The first kappa shape index (κ1) is 227. The van der Waals surface area contributed by atoms with Crippen molar-refractivity contribution in [2.45, 2.75) is 37.1 Å². The van der Waals surface area contributed by atoms with E-state index in [1.54, 1.807) is 0 Å². The zero-order valence-corrected chi connectivity index (χ0v) is 29.2. The van der Waals surface area contributed by atoms with Gasteiger partial charge < -0.3 is 43.8 Å². The second-order valence-electron chi connectivity index (χ2n) is 0. The van der Waals surface area contributed by atoms with Crippen LogP contribution >= 0.6 is 0 Å². The van der Waals surface area contributed by atoms with Gasteiger partial charge in [0, 0.05) is 0 Å². The van der Waals surface area contributed by atoms with Gasteiger partial charge in [0.2, 0.25) is 0 Å². The summed E-state index contributed by atoms with van der Waals surface area (Å²) in [6, 6.07) is 0. The van der Waals surface area contributed by atoms with Gasteiger partial charge in [-0.2, -0.15) is 0 Å². The number of hydrogen-bond acceptors (Lipinski definition) is 12. The molecule has 0 aromatic rings. The molecule has 0 heterocycles. The van der Waals surface area contributed by atoms with Crippen LogP contribution in [0.15, 0.2) is 0 Å². The Morgan fingerprint density at radius 1 is 0.357 bits per heavy atom. The van der Waals surface area contributed by atoms with Gasteiger partial charge in [-0.15, -0.1) is 0 Å². The van der Waals surface area contributed by atoms with Gasteiger partial charge in [-0.05, 0) is 0 Å². The second kappa shape index (κ2) is 649. The van der Waals surface area contributed by atoms with Crippen molar-refractivity contribution in [2.75, 3.05) is 0 Å². The quantitative estimate of drug-likeness (QED) is 0.239. The van der Waals surface area contributed by atoms with Crippen LogP contribution in [0.25, 0.3) is 0 Å². The molecule has 0 radical (unpaired) electrons. The molecule has 0 rings (SSSR count). The number of hydrogen-bond donors (Lipinski definition) is 0. The van der Waals surface area contributed by atoms with E-state index >= 15 is 0 Å². The topological polar surface area (TPSA) is 345 Å². The molecule has 0 saturated carbocycles. The van der Waals surface area contributed by atoms with E-state index in [-0.39, 0.29) is 287 Å². The summed E-state index contributed by atoms with van der Waals surface area (Å²) in [5, 5.41) is 0. The summed E-state index contributed by atoms with van der Waals surface area (Å²) in [7, 11) is 0. The van der Waals surface area contributed by atoms with Gasteiger partial charge in [0.25, 0.3) is 0 Å². The first-order chi connectivity index (χ1) is 6.00. The van der Waals surface area contributed by atoms with E-state index in [1.807, 2.05) is 0 Å². The molecule has 0 unspecified atom stereocenters. The van der Waals surface area contributed by atoms with Crippen molar-refractivity contribution >= 4 is 271 Å². The third-order valence-corrected chi connectivity index (χ3v) is 0. The molecular formula is C5H30Ca5Mg4O14. The molecule has 0 bridgehead atoms. The second-order valence-corrected chi connectivity index (χ2v) is 0.